The van der Waals surface area contributed by atoms with E-state index >= 15 is 0 Å². The van der Waals surface area contributed by atoms with Gasteiger partial charge in [-0.05, 0) is 30.7 Å². The van der Waals surface area contributed by atoms with Crippen molar-refractivity contribution in [3.05, 3.63) is 81.1 Å². The van der Waals surface area contributed by atoms with Gasteiger partial charge in [0.1, 0.15) is 15.8 Å². The number of thiocarbonyl (C=S) groups is 1. The number of anilines is 1. The lowest BCUT2D eigenvalue weighted by atomic mass is 10.2. The molecule has 146 valence electrons. The summed E-state index contributed by atoms with van der Waals surface area (Å²) in [5.41, 5.74) is 1.69. The highest BCUT2D eigenvalue weighted by molar-refractivity contribution is 8.26. The van der Waals surface area contributed by atoms with Crippen LogP contribution in [0.3, 0.4) is 0 Å². The third-order valence-electron chi connectivity index (χ3n) is 4.54. The van der Waals surface area contributed by atoms with Gasteiger partial charge in [0, 0.05) is 19.3 Å². The quantitative estimate of drug-likeness (QED) is 0.501. The number of carbonyl (C=O) groups is 1. The lowest BCUT2D eigenvalue weighted by Gasteiger charge is -2.11. The molecule has 1 aromatic carbocycles. The number of amides is 1. The van der Waals surface area contributed by atoms with Crippen LogP contribution in [0.15, 0.2) is 64.4 Å². The lowest BCUT2D eigenvalue weighted by molar-refractivity contribution is -0.121. The predicted molar refractivity (Wildman–Crippen MR) is 121 cm³/mol. The molecule has 29 heavy (non-hydrogen) atoms. The van der Waals surface area contributed by atoms with Crippen molar-refractivity contribution in [1.29, 1.82) is 0 Å². The summed E-state index contributed by atoms with van der Waals surface area (Å²) in [6, 6.07) is 15.2. The normalized spacial score (nSPS) is 15.5. The number of hydrogen-bond acceptors (Lipinski definition) is 6. The first kappa shape index (κ1) is 19.4. The Labute approximate surface area is 177 Å². The second kappa shape index (κ2) is 8.18. The van der Waals surface area contributed by atoms with Gasteiger partial charge in [-0.3, -0.25) is 18.9 Å². The first-order valence-electron chi connectivity index (χ1n) is 9.13. The minimum Gasteiger partial charge on any atom is -0.365 e. The van der Waals surface area contributed by atoms with Gasteiger partial charge in [0.15, 0.2) is 0 Å². The van der Waals surface area contributed by atoms with Gasteiger partial charge in [-0.2, -0.15) is 0 Å². The van der Waals surface area contributed by atoms with Gasteiger partial charge in [-0.1, -0.05) is 60.4 Å². The molecule has 1 saturated heterocycles. The molecule has 0 saturated carbocycles. The summed E-state index contributed by atoms with van der Waals surface area (Å²) in [7, 11) is 0. The molecular formula is C21H18N4O2S2. The Bertz CT molecular complexity index is 1190. The number of rotatable bonds is 5. The number of benzene rings is 1. The molecule has 1 aliphatic rings. The van der Waals surface area contributed by atoms with Crippen molar-refractivity contribution in [3.8, 4) is 0 Å². The molecule has 1 fully saturated rings. The molecule has 3 heterocycles. The predicted octanol–water partition coefficient (Wildman–Crippen LogP) is 3.53. The van der Waals surface area contributed by atoms with E-state index in [4.69, 9.17) is 12.2 Å². The molecule has 1 amide bonds. The maximum atomic E-state index is 13.2. The Morgan fingerprint density at radius 3 is 2.62 bits per heavy atom. The maximum Gasteiger partial charge on any atom is 0.267 e. The standard InChI is InChI=1S/C21H18N4O2S2/c1-2-24-20(27)16(29-21(24)28)12-15-18(22-13-14-8-4-3-5-9-14)23-17-10-6-7-11-25(17)19(15)26/h3-12,22H,2,13H2,1H3/b16-12+. The van der Waals surface area contributed by atoms with Gasteiger partial charge < -0.3 is 5.32 Å². The van der Waals surface area contributed by atoms with Crippen molar-refractivity contribution >= 4 is 51.7 Å². The summed E-state index contributed by atoms with van der Waals surface area (Å²) < 4.78 is 1.97. The minimum absolute atomic E-state index is 0.186. The molecule has 8 heteroatoms. The first-order valence-corrected chi connectivity index (χ1v) is 10.4. The zero-order valence-electron chi connectivity index (χ0n) is 15.7. The number of nitrogens with one attached hydrogen (secondary N) is 1. The summed E-state index contributed by atoms with van der Waals surface area (Å²) in [6.45, 7) is 2.87. The van der Waals surface area contributed by atoms with Crippen molar-refractivity contribution in [3.63, 3.8) is 0 Å². The average Bonchev–Trinajstić information content (AvgIpc) is 3.02. The Kier molecular flexibility index (Phi) is 5.46. The number of thioether (sulfide) groups is 1. The Morgan fingerprint density at radius 1 is 1.14 bits per heavy atom. The third kappa shape index (κ3) is 3.81. The van der Waals surface area contributed by atoms with Crippen LogP contribution in [0, 0.1) is 0 Å². The highest BCUT2D eigenvalue weighted by atomic mass is 32.2. The van der Waals surface area contributed by atoms with E-state index < -0.39 is 0 Å². The zero-order chi connectivity index (χ0) is 20.4. The first-order chi connectivity index (χ1) is 14.1. The molecule has 0 aliphatic carbocycles. The summed E-state index contributed by atoms with van der Waals surface area (Å²) >= 11 is 6.48. The Morgan fingerprint density at radius 2 is 1.90 bits per heavy atom. The van der Waals surface area contributed by atoms with Crippen molar-refractivity contribution in [2.45, 2.75) is 13.5 Å². The van der Waals surface area contributed by atoms with Crippen molar-refractivity contribution in [2.24, 2.45) is 0 Å². The van der Waals surface area contributed by atoms with Gasteiger partial charge in [-0.15, -0.1) is 0 Å². The maximum absolute atomic E-state index is 13.2. The smallest absolute Gasteiger partial charge is 0.267 e. The molecule has 0 radical (unpaired) electrons. The summed E-state index contributed by atoms with van der Waals surface area (Å²) in [5.74, 6) is 0.251. The fourth-order valence-corrected chi connectivity index (χ4v) is 4.42. The van der Waals surface area contributed by atoms with Gasteiger partial charge in [0.2, 0.25) is 0 Å². The lowest BCUT2D eigenvalue weighted by Crippen LogP contribution is -2.27. The average molecular weight is 423 g/mol. The van der Waals surface area contributed by atoms with E-state index in [1.807, 2.05) is 43.3 Å². The van der Waals surface area contributed by atoms with Gasteiger partial charge >= 0.3 is 0 Å². The van der Waals surface area contributed by atoms with Crippen LogP contribution in [-0.4, -0.2) is 31.1 Å². The third-order valence-corrected chi connectivity index (χ3v) is 5.91. The van der Waals surface area contributed by atoms with E-state index in [-0.39, 0.29) is 11.5 Å². The molecular weight excluding hydrogens is 404 g/mol. The Balaban J connectivity index is 1.80. The van der Waals surface area contributed by atoms with Crippen LogP contribution in [0.2, 0.25) is 0 Å². The van der Waals surface area contributed by atoms with E-state index in [9.17, 15) is 9.59 Å². The molecule has 0 unspecified atom stereocenters. The SMILES string of the molecule is CCN1C(=O)/C(=C\c2c(NCc3ccccc3)nc3ccccn3c2=O)SC1=S. The highest BCUT2D eigenvalue weighted by Gasteiger charge is 2.31. The van der Waals surface area contributed by atoms with Crippen molar-refractivity contribution in [1.82, 2.24) is 14.3 Å². The van der Waals surface area contributed by atoms with Crippen LogP contribution in [0.4, 0.5) is 5.82 Å². The van der Waals surface area contributed by atoms with E-state index in [0.717, 1.165) is 5.56 Å². The number of pyridine rings is 1. The van der Waals surface area contributed by atoms with Gasteiger partial charge in [-0.25, -0.2) is 4.98 Å². The van der Waals surface area contributed by atoms with Crippen molar-refractivity contribution < 1.29 is 4.79 Å². The molecule has 3 aromatic rings. The van der Waals surface area contributed by atoms with Crippen molar-refractivity contribution in [2.75, 3.05) is 11.9 Å². The van der Waals surface area contributed by atoms with E-state index in [1.54, 1.807) is 24.4 Å². The fourth-order valence-electron chi connectivity index (χ4n) is 3.05. The molecule has 0 atom stereocenters. The van der Waals surface area contributed by atoms with Gasteiger partial charge in [0.25, 0.3) is 11.5 Å². The number of nitrogens with zero attached hydrogens (tertiary/aromatic N) is 3. The summed E-state index contributed by atoms with van der Waals surface area (Å²) in [5, 5.41) is 3.25. The van der Waals surface area contributed by atoms with E-state index in [2.05, 4.69) is 10.3 Å². The molecule has 4 rings (SSSR count). The summed E-state index contributed by atoms with van der Waals surface area (Å²) in [4.78, 5) is 32.3. The van der Waals surface area contributed by atoms with Crippen LogP contribution >= 0.6 is 24.0 Å². The largest absolute Gasteiger partial charge is 0.365 e. The molecule has 0 spiro atoms. The fraction of sp³-hybridized carbons (Fsp3) is 0.143. The van der Waals surface area contributed by atoms with Crippen LogP contribution in [0.1, 0.15) is 18.1 Å². The minimum atomic E-state index is -0.243. The molecule has 6 nitrogen and oxygen atoms in total. The summed E-state index contributed by atoms with van der Waals surface area (Å²) in [6.07, 6.45) is 3.26. The van der Waals surface area contributed by atoms with Crippen LogP contribution in [0.25, 0.3) is 11.7 Å². The van der Waals surface area contributed by atoms with Crippen LogP contribution in [0.5, 0.6) is 0 Å². The second-order valence-corrected chi connectivity index (χ2v) is 8.05. The number of likely N-dealkylation sites (N-methyl/N-ethyl adjacent to an activating group) is 1. The van der Waals surface area contributed by atoms with E-state index in [1.165, 1.54) is 21.1 Å². The molecule has 1 N–H and O–H groups in total. The number of carbonyl (C=O) groups excluding carboxylic acids is 1. The van der Waals surface area contributed by atoms with Gasteiger partial charge in [0.05, 0.1) is 10.5 Å². The van der Waals surface area contributed by atoms with Crippen LogP contribution in [-0.2, 0) is 11.3 Å². The van der Waals surface area contributed by atoms with Crippen LogP contribution < -0.4 is 10.9 Å². The topological polar surface area (TPSA) is 66.7 Å². The highest BCUT2D eigenvalue weighted by Crippen LogP contribution is 2.32. The van der Waals surface area contributed by atoms with E-state index in [0.29, 0.717) is 39.3 Å². The Hall–Kier alpha value is -2.97. The monoisotopic (exact) mass is 422 g/mol. The molecule has 0 bridgehead atoms. The molecule has 1 aliphatic heterocycles. The molecule has 2 aromatic heterocycles. The number of aromatic nitrogens is 2. The second-order valence-electron chi connectivity index (χ2n) is 6.37. The number of hydrogen-bond donors (Lipinski definition) is 1. The zero-order valence-corrected chi connectivity index (χ0v) is 17.3. The number of fused-ring (bicyclic) bond motifs is 1.